The van der Waals surface area contributed by atoms with Gasteiger partial charge in [-0.15, -0.1) is 0 Å². The molecule has 4 heteroatoms. The van der Waals surface area contributed by atoms with Crippen molar-refractivity contribution in [3.05, 3.63) is 0 Å². The minimum absolute atomic E-state index is 0.311. The zero-order chi connectivity index (χ0) is 12.3. The summed E-state index contributed by atoms with van der Waals surface area (Å²) in [5.74, 6) is 1.18. The summed E-state index contributed by atoms with van der Waals surface area (Å²) >= 11 is 1.89. The van der Waals surface area contributed by atoms with Crippen LogP contribution in [0.2, 0.25) is 0 Å². The molecule has 1 aliphatic heterocycles. The Morgan fingerprint density at radius 1 is 1.41 bits per heavy atom. The second kappa shape index (κ2) is 5.61. The molecule has 0 spiro atoms. The van der Waals surface area contributed by atoms with Gasteiger partial charge in [0.15, 0.2) is 5.17 Å². The third-order valence-corrected chi connectivity index (χ3v) is 5.29. The number of likely N-dealkylation sites (N-methyl/N-ethyl adjacent to an activating group) is 1. The van der Waals surface area contributed by atoms with Crippen LogP contribution in [0.5, 0.6) is 0 Å². The molecule has 1 saturated heterocycles. The van der Waals surface area contributed by atoms with E-state index in [0.29, 0.717) is 5.54 Å². The van der Waals surface area contributed by atoms with Gasteiger partial charge in [0.25, 0.3) is 0 Å². The lowest BCUT2D eigenvalue weighted by Crippen LogP contribution is -2.42. The molecule has 0 unspecified atom stereocenters. The summed E-state index contributed by atoms with van der Waals surface area (Å²) in [5.41, 5.74) is 0.311. The van der Waals surface area contributed by atoms with Gasteiger partial charge in [0.1, 0.15) is 0 Å². The first-order valence-corrected chi connectivity index (χ1v) is 7.83. The van der Waals surface area contributed by atoms with Crippen LogP contribution in [0, 0.1) is 0 Å². The van der Waals surface area contributed by atoms with Gasteiger partial charge in [-0.2, -0.15) is 0 Å². The molecule has 2 rings (SSSR count). The maximum atomic E-state index is 4.69. The van der Waals surface area contributed by atoms with Gasteiger partial charge < -0.3 is 10.2 Å². The van der Waals surface area contributed by atoms with Crippen molar-refractivity contribution >= 4 is 16.9 Å². The SMILES string of the molecule is CCC1(CC)CSC(=NCCN(C)C2CC2)N1. The third-order valence-electron chi connectivity index (χ3n) is 4.09. The minimum Gasteiger partial charge on any atom is -0.359 e. The Labute approximate surface area is 109 Å². The molecule has 0 atom stereocenters. The van der Waals surface area contributed by atoms with Crippen LogP contribution in [-0.4, -0.2) is 47.5 Å². The fourth-order valence-corrected chi connectivity index (χ4v) is 3.59. The highest BCUT2D eigenvalue weighted by atomic mass is 32.2. The molecular formula is C13H25N3S. The largest absolute Gasteiger partial charge is 0.359 e. The van der Waals surface area contributed by atoms with E-state index in [-0.39, 0.29) is 0 Å². The van der Waals surface area contributed by atoms with E-state index in [9.17, 15) is 0 Å². The van der Waals surface area contributed by atoms with Crippen molar-refractivity contribution in [2.45, 2.75) is 51.1 Å². The van der Waals surface area contributed by atoms with Gasteiger partial charge in [0, 0.05) is 23.9 Å². The maximum absolute atomic E-state index is 4.69. The number of nitrogens with one attached hydrogen (secondary N) is 1. The topological polar surface area (TPSA) is 27.6 Å². The Kier molecular flexibility index (Phi) is 4.36. The zero-order valence-electron chi connectivity index (χ0n) is 11.3. The molecule has 1 saturated carbocycles. The van der Waals surface area contributed by atoms with Crippen molar-refractivity contribution < 1.29 is 0 Å². The van der Waals surface area contributed by atoms with E-state index < -0.39 is 0 Å². The van der Waals surface area contributed by atoms with Crippen LogP contribution in [0.25, 0.3) is 0 Å². The van der Waals surface area contributed by atoms with Crippen molar-refractivity contribution in [2.24, 2.45) is 4.99 Å². The molecule has 0 aromatic carbocycles. The maximum Gasteiger partial charge on any atom is 0.157 e. The summed E-state index contributed by atoms with van der Waals surface area (Å²) in [5, 5.41) is 4.78. The molecule has 0 amide bonds. The summed E-state index contributed by atoms with van der Waals surface area (Å²) in [6.45, 7) is 6.56. The van der Waals surface area contributed by atoms with Crippen molar-refractivity contribution in [1.29, 1.82) is 0 Å². The lowest BCUT2D eigenvalue weighted by molar-refractivity contribution is 0.333. The molecule has 2 fully saturated rings. The Morgan fingerprint density at radius 3 is 2.65 bits per heavy atom. The number of hydrogen-bond donors (Lipinski definition) is 1. The molecule has 0 radical (unpaired) electrons. The molecule has 0 bridgehead atoms. The van der Waals surface area contributed by atoms with Crippen LogP contribution in [-0.2, 0) is 0 Å². The van der Waals surface area contributed by atoms with Gasteiger partial charge in [-0.25, -0.2) is 0 Å². The second-order valence-electron chi connectivity index (χ2n) is 5.30. The van der Waals surface area contributed by atoms with E-state index in [0.717, 1.165) is 24.3 Å². The highest BCUT2D eigenvalue weighted by Gasteiger charge is 2.33. The third kappa shape index (κ3) is 3.38. The molecule has 0 aromatic rings. The lowest BCUT2D eigenvalue weighted by Gasteiger charge is -2.25. The first-order chi connectivity index (χ1) is 8.19. The summed E-state index contributed by atoms with van der Waals surface area (Å²) in [6, 6.07) is 0.852. The van der Waals surface area contributed by atoms with Gasteiger partial charge in [0.05, 0.1) is 6.54 Å². The highest BCUT2D eigenvalue weighted by Crippen LogP contribution is 2.29. The van der Waals surface area contributed by atoms with E-state index in [1.54, 1.807) is 0 Å². The number of thioether (sulfide) groups is 1. The normalized spacial score (nSPS) is 25.5. The number of amidine groups is 1. The van der Waals surface area contributed by atoms with Gasteiger partial charge in [-0.05, 0) is 32.7 Å². The molecule has 98 valence electrons. The Hall–Kier alpha value is -0.220. The van der Waals surface area contributed by atoms with Crippen molar-refractivity contribution in [3.63, 3.8) is 0 Å². The van der Waals surface area contributed by atoms with E-state index in [4.69, 9.17) is 4.99 Å². The van der Waals surface area contributed by atoms with E-state index in [2.05, 4.69) is 31.1 Å². The van der Waals surface area contributed by atoms with Gasteiger partial charge in [-0.1, -0.05) is 25.6 Å². The molecule has 0 aromatic heterocycles. The first-order valence-electron chi connectivity index (χ1n) is 6.85. The molecule has 17 heavy (non-hydrogen) atoms. The smallest absolute Gasteiger partial charge is 0.157 e. The number of hydrogen-bond acceptors (Lipinski definition) is 3. The quantitative estimate of drug-likeness (QED) is 0.789. The Balaban J connectivity index is 1.75. The molecule has 1 N–H and O–H groups in total. The standard InChI is InChI=1S/C13H25N3S/c1-4-13(5-2)10-17-12(15-13)14-8-9-16(3)11-6-7-11/h11H,4-10H2,1-3H3,(H,14,15). The van der Waals surface area contributed by atoms with Crippen LogP contribution in [0.15, 0.2) is 4.99 Å². The van der Waals surface area contributed by atoms with Crippen molar-refractivity contribution in [3.8, 4) is 0 Å². The summed E-state index contributed by atoms with van der Waals surface area (Å²) in [4.78, 5) is 7.13. The van der Waals surface area contributed by atoms with Crippen LogP contribution >= 0.6 is 11.8 Å². The zero-order valence-corrected chi connectivity index (χ0v) is 12.1. The average Bonchev–Trinajstić information content (AvgIpc) is 3.12. The predicted octanol–water partition coefficient (Wildman–Crippen LogP) is 2.33. The van der Waals surface area contributed by atoms with Crippen LogP contribution < -0.4 is 5.32 Å². The summed E-state index contributed by atoms with van der Waals surface area (Å²) in [7, 11) is 2.22. The monoisotopic (exact) mass is 255 g/mol. The van der Waals surface area contributed by atoms with Crippen LogP contribution in [0.1, 0.15) is 39.5 Å². The van der Waals surface area contributed by atoms with E-state index in [1.807, 2.05) is 11.8 Å². The van der Waals surface area contributed by atoms with Crippen LogP contribution in [0.4, 0.5) is 0 Å². The fraction of sp³-hybridized carbons (Fsp3) is 0.923. The average molecular weight is 255 g/mol. The molecule has 1 heterocycles. The van der Waals surface area contributed by atoms with Crippen molar-refractivity contribution in [2.75, 3.05) is 25.9 Å². The molecule has 2 aliphatic rings. The molecule has 1 aliphatic carbocycles. The molecular weight excluding hydrogens is 230 g/mol. The second-order valence-corrected chi connectivity index (χ2v) is 6.26. The highest BCUT2D eigenvalue weighted by molar-refractivity contribution is 8.14. The Morgan fingerprint density at radius 2 is 2.12 bits per heavy atom. The van der Waals surface area contributed by atoms with E-state index >= 15 is 0 Å². The van der Waals surface area contributed by atoms with E-state index in [1.165, 1.54) is 31.4 Å². The number of aliphatic imine (C=N–C) groups is 1. The minimum atomic E-state index is 0.311. The summed E-state index contributed by atoms with van der Waals surface area (Å²) < 4.78 is 0. The molecule has 3 nitrogen and oxygen atoms in total. The van der Waals surface area contributed by atoms with Gasteiger partial charge in [0.2, 0.25) is 0 Å². The summed E-state index contributed by atoms with van der Waals surface area (Å²) in [6.07, 6.45) is 5.15. The number of nitrogens with zero attached hydrogens (tertiary/aromatic N) is 2. The van der Waals surface area contributed by atoms with Crippen molar-refractivity contribution in [1.82, 2.24) is 10.2 Å². The number of rotatable bonds is 6. The first kappa shape index (κ1) is 13.2. The van der Waals surface area contributed by atoms with Crippen LogP contribution in [0.3, 0.4) is 0 Å². The predicted molar refractivity (Wildman–Crippen MR) is 76.9 cm³/mol. The fourth-order valence-electron chi connectivity index (χ4n) is 2.23. The lowest BCUT2D eigenvalue weighted by atomic mass is 9.96. The Bertz CT molecular complexity index is 282. The van der Waals surface area contributed by atoms with Gasteiger partial charge >= 0.3 is 0 Å². The van der Waals surface area contributed by atoms with Gasteiger partial charge in [-0.3, -0.25) is 4.99 Å².